The molecule has 1 fully saturated rings. The molecule has 172 valence electrons. The fraction of sp³-hybridized carbons (Fsp3) is 0.522. The highest BCUT2D eigenvalue weighted by atomic mass is 35.5. The molecule has 1 saturated heterocycles. The second-order valence-electron chi connectivity index (χ2n) is 9.42. The molecule has 0 atom stereocenters. The van der Waals surface area contributed by atoms with Gasteiger partial charge in [0.15, 0.2) is 5.82 Å². The van der Waals surface area contributed by atoms with Gasteiger partial charge in [-0.3, -0.25) is 9.13 Å². The van der Waals surface area contributed by atoms with Crippen LogP contribution >= 0.6 is 11.6 Å². The van der Waals surface area contributed by atoms with Gasteiger partial charge in [-0.2, -0.15) is 4.98 Å². The van der Waals surface area contributed by atoms with E-state index in [1.54, 1.807) is 36.2 Å². The quantitative estimate of drug-likeness (QED) is 0.582. The molecule has 2 aromatic heterocycles. The first-order chi connectivity index (χ1) is 15.1. The van der Waals surface area contributed by atoms with Crippen molar-refractivity contribution in [1.29, 1.82) is 0 Å². The van der Waals surface area contributed by atoms with Crippen LogP contribution in [-0.4, -0.2) is 42.9 Å². The van der Waals surface area contributed by atoms with E-state index in [1.807, 2.05) is 18.2 Å². The molecule has 0 aliphatic carbocycles. The van der Waals surface area contributed by atoms with E-state index in [0.29, 0.717) is 29.8 Å². The number of aliphatic hydroxyl groups is 1. The van der Waals surface area contributed by atoms with E-state index < -0.39 is 5.60 Å². The largest absolute Gasteiger partial charge is 0.390 e. The van der Waals surface area contributed by atoms with E-state index in [2.05, 4.69) is 27.1 Å². The first-order valence-electron chi connectivity index (χ1n) is 11.1. The highest BCUT2D eigenvalue weighted by molar-refractivity contribution is 6.32. The molecule has 1 aliphatic rings. The van der Waals surface area contributed by atoms with E-state index in [9.17, 15) is 9.90 Å². The van der Waals surface area contributed by atoms with Crippen LogP contribution in [0.25, 0.3) is 11.0 Å². The van der Waals surface area contributed by atoms with Crippen LogP contribution in [0.1, 0.15) is 40.0 Å². The van der Waals surface area contributed by atoms with Crippen molar-refractivity contribution in [3.8, 4) is 0 Å². The Hall–Kier alpha value is -2.58. The average Bonchev–Trinajstić information content (AvgIpc) is 2.98. The lowest BCUT2D eigenvalue weighted by atomic mass is 10.00. The van der Waals surface area contributed by atoms with Crippen molar-refractivity contribution in [3.05, 3.63) is 39.9 Å². The highest BCUT2D eigenvalue weighted by Crippen LogP contribution is 2.28. The predicted molar refractivity (Wildman–Crippen MR) is 129 cm³/mol. The number of aromatic nitrogens is 4. The van der Waals surface area contributed by atoms with Gasteiger partial charge in [-0.05, 0) is 57.2 Å². The topological polar surface area (TPSA) is 88.2 Å². The Labute approximate surface area is 192 Å². The highest BCUT2D eigenvalue weighted by Gasteiger charge is 2.20. The third kappa shape index (κ3) is 4.76. The van der Waals surface area contributed by atoms with Gasteiger partial charge in [0, 0.05) is 32.4 Å². The molecule has 8 nitrogen and oxygen atoms in total. The number of halogens is 1. The van der Waals surface area contributed by atoms with E-state index in [4.69, 9.17) is 11.6 Å². The van der Waals surface area contributed by atoms with Gasteiger partial charge in [0.2, 0.25) is 5.95 Å². The van der Waals surface area contributed by atoms with Gasteiger partial charge in [-0.25, -0.2) is 9.78 Å². The monoisotopic (exact) mass is 458 g/mol. The summed E-state index contributed by atoms with van der Waals surface area (Å²) >= 11 is 6.39. The lowest BCUT2D eigenvalue weighted by Gasteiger charge is -2.30. The molecule has 9 heteroatoms. The summed E-state index contributed by atoms with van der Waals surface area (Å²) in [5.74, 6) is 1.94. The van der Waals surface area contributed by atoms with Crippen molar-refractivity contribution in [3.63, 3.8) is 0 Å². The molecule has 1 aromatic carbocycles. The van der Waals surface area contributed by atoms with Gasteiger partial charge in [-0.15, -0.1) is 0 Å². The molecule has 32 heavy (non-hydrogen) atoms. The third-order valence-corrected chi connectivity index (χ3v) is 6.43. The molecule has 0 saturated carbocycles. The SMILES string of the molecule is CC1CCN(c2ncc(Cl)c(Nc3ccc4c(c3)n(CCC(C)(C)O)c(=O)n4C)n2)CC1. The van der Waals surface area contributed by atoms with Gasteiger partial charge in [0.25, 0.3) is 0 Å². The molecule has 0 unspecified atom stereocenters. The summed E-state index contributed by atoms with van der Waals surface area (Å²) < 4.78 is 3.32. The maximum Gasteiger partial charge on any atom is 0.328 e. The maximum absolute atomic E-state index is 12.7. The minimum absolute atomic E-state index is 0.108. The van der Waals surface area contributed by atoms with Crippen molar-refractivity contribution in [2.24, 2.45) is 13.0 Å². The molecule has 0 amide bonds. The number of nitrogens with zero attached hydrogens (tertiary/aromatic N) is 5. The van der Waals surface area contributed by atoms with Gasteiger partial charge < -0.3 is 15.3 Å². The Kier molecular flexibility index (Phi) is 6.18. The van der Waals surface area contributed by atoms with Crippen LogP contribution in [0.4, 0.5) is 17.5 Å². The molecular formula is C23H31ClN6O2. The fourth-order valence-electron chi connectivity index (χ4n) is 4.03. The van der Waals surface area contributed by atoms with Crippen LogP contribution in [0.15, 0.2) is 29.2 Å². The van der Waals surface area contributed by atoms with Gasteiger partial charge >= 0.3 is 5.69 Å². The zero-order valence-corrected chi connectivity index (χ0v) is 19.9. The molecule has 0 bridgehead atoms. The van der Waals surface area contributed by atoms with Crippen LogP contribution in [-0.2, 0) is 13.6 Å². The number of aryl methyl sites for hydroxylation is 2. The normalized spacial score (nSPS) is 15.5. The van der Waals surface area contributed by atoms with Gasteiger partial charge in [0.05, 0.1) is 22.8 Å². The molecule has 2 N–H and O–H groups in total. The number of imidazole rings is 1. The van der Waals surface area contributed by atoms with Gasteiger partial charge in [0.1, 0.15) is 5.02 Å². The summed E-state index contributed by atoms with van der Waals surface area (Å²) in [4.78, 5) is 24.0. The molecular weight excluding hydrogens is 428 g/mol. The second-order valence-corrected chi connectivity index (χ2v) is 9.83. The number of nitrogens with one attached hydrogen (secondary N) is 1. The van der Waals surface area contributed by atoms with E-state index in [-0.39, 0.29) is 5.69 Å². The molecule has 3 aromatic rings. The summed E-state index contributed by atoms with van der Waals surface area (Å²) in [7, 11) is 1.76. The number of hydrogen-bond acceptors (Lipinski definition) is 6. The summed E-state index contributed by atoms with van der Waals surface area (Å²) in [6, 6.07) is 5.73. The van der Waals surface area contributed by atoms with Crippen molar-refractivity contribution in [1.82, 2.24) is 19.1 Å². The number of hydrogen-bond donors (Lipinski definition) is 2. The Bertz CT molecular complexity index is 1170. The zero-order chi connectivity index (χ0) is 23.0. The lowest BCUT2D eigenvalue weighted by Crippen LogP contribution is -2.34. The molecule has 3 heterocycles. The van der Waals surface area contributed by atoms with Crippen LogP contribution in [0.5, 0.6) is 0 Å². The standard InChI is InChI=1S/C23H31ClN6O2/c1-15-7-10-29(11-8-15)21-25-14-17(24)20(27-21)26-16-5-6-18-19(13-16)30(22(31)28(18)4)12-9-23(2,3)32/h5-6,13-15,32H,7-12H2,1-4H3,(H,25,26,27). The van der Waals surface area contributed by atoms with Crippen LogP contribution in [0.3, 0.4) is 0 Å². The molecule has 0 spiro atoms. The first-order valence-corrected chi connectivity index (χ1v) is 11.5. The predicted octanol–water partition coefficient (Wildman–Crippen LogP) is 3.92. The van der Waals surface area contributed by atoms with Crippen LogP contribution in [0, 0.1) is 5.92 Å². The lowest BCUT2D eigenvalue weighted by molar-refractivity contribution is 0.0662. The number of benzene rings is 1. The van der Waals surface area contributed by atoms with Crippen LogP contribution < -0.4 is 15.9 Å². The zero-order valence-electron chi connectivity index (χ0n) is 19.1. The molecule has 0 radical (unpaired) electrons. The summed E-state index contributed by atoms with van der Waals surface area (Å²) in [6.45, 7) is 8.06. The summed E-state index contributed by atoms with van der Waals surface area (Å²) in [5, 5.41) is 13.8. The average molecular weight is 459 g/mol. The Morgan fingerprint density at radius 1 is 1.25 bits per heavy atom. The minimum Gasteiger partial charge on any atom is -0.390 e. The number of piperidine rings is 1. The smallest absolute Gasteiger partial charge is 0.328 e. The third-order valence-electron chi connectivity index (χ3n) is 6.15. The van der Waals surface area contributed by atoms with E-state index in [1.165, 1.54) is 0 Å². The number of anilines is 3. The minimum atomic E-state index is -0.853. The Morgan fingerprint density at radius 3 is 2.66 bits per heavy atom. The second kappa shape index (κ2) is 8.75. The number of rotatable bonds is 6. The number of fused-ring (bicyclic) bond motifs is 1. The van der Waals surface area contributed by atoms with Crippen molar-refractivity contribution < 1.29 is 5.11 Å². The fourth-order valence-corrected chi connectivity index (χ4v) is 4.17. The molecule has 1 aliphatic heterocycles. The summed E-state index contributed by atoms with van der Waals surface area (Å²) in [5.41, 5.74) is 1.44. The van der Waals surface area contributed by atoms with E-state index >= 15 is 0 Å². The Morgan fingerprint density at radius 2 is 1.97 bits per heavy atom. The first kappa shape index (κ1) is 22.6. The Balaban J connectivity index is 1.63. The van der Waals surface area contributed by atoms with Crippen molar-refractivity contribution in [2.75, 3.05) is 23.3 Å². The van der Waals surface area contributed by atoms with E-state index in [0.717, 1.165) is 48.6 Å². The summed E-state index contributed by atoms with van der Waals surface area (Å²) in [6.07, 6.45) is 4.35. The van der Waals surface area contributed by atoms with Crippen molar-refractivity contribution in [2.45, 2.75) is 52.2 Å². The van der Waals surface area contributed by atoms with Gasteiger partial charge in [-0.1, -0.05) is 18.5 Å². The molecule has 4 rings (SSSR count). The maximum atomic E-state index is 12.7. The van der Waals surface area contributed by atoms with Crippen molar-refractivity contribution >= 4 is 40.1 Å². The van der Waals surface area contributed by atoms with Crippen LogP contribution in [0.2, 0.25) is 5.02 Å².